The van der Waals surface area contributed by atoms with Crippen molar-refractivity contribution in [2.24, 2.45) is 5.73 Å². The minimum atomic E-state index is -0.812. The highest BCUT2D eigenvalue weighted by Crippen LogP contribution is 2.03. The van der Waals surface area contributed by atoms with Crippen LogP contribution in [0.15, 0.2) is 0 Å². The highest BCUT2D eigenvalue weighted by atomic mass is 16.6. The standard InChI is InChI=1S/C15H29N3O6/c16-7-1-4-13(19)22-10-12(24-15(21)6-3-9-18)11-23-14(20)5-2-8-17/h12H,1-11,16-18H2/p+2. The third kappa shape index (κ3) is 12.8. The van der Waals surface area contributed by atoms with Crippen molar-refractivity contribution in [3.8, 4) is 0 Å². The number of carbonyl (C=O) groups excluding carboxylic acids is 3. The van der Waals surface area contributed by atoms with Crippen LogP contribution >= 0.6 is 0 Å². The summed E-state index contributed by atoms with van der Waals surface area (Å²) >= 11 is 0. The van der Waals surface area contributed by atoms with Crippen molar-refractivity contribution in [2.45, 2.75) is 44.6 Å². The van der Waals surface area contributed by atoms with Gasteiger partial charge < -0.3 is 31.4 Å². The smallest absolute Gasteiger partial charge is 0.306 e. The number of nitrogens with two attached hydrogens (primary N) is 1. The fourth-order valence-corrected chi connectivity index (χ4v) is 1.66. The Morgan fingerprint density at radius 3 is 1.71 bits per heavy atom. The molecule has 9 nitrogen and oxygen atoms in total. The summed E-state index contributed by atoms with van der Waals surface area (Å²) in [6.07, 6.45) is 1.60. The summed E-state index contributed by atoms with van der Waals surface area (Å²) in [5, 5.41) is 0. The molecule has 9 heteroatoms. The zero-order chi connectivity index (χ0) is 18.2. The van der Waals surface area contributed by atoms with Gasteiger partial charge in [-0.25, -0.2) is 0 Å². The Hall–Kier alpha value is -1.71. The molecule has 0 aliphatic heterocycles. The highest BCUT2D eigenvalue weighted by molar-refractivity contribution is 5.71. The van der Waals surface area contributed by atoms with Gasteiger partial charge in [-0.1, -0.05) is 0 Å². The normalized spacial score (nSPS) is 11.6. The van der Waals surface area contributed by atoms with Gasteiger partial charge in [0.1, 0.15) is 13.2 Å². The van der Waals surface area contributed by atoms with Crippen LogP contribution in [-0.4, -0.2) is 56.9 Å². The molecule has 0 aliphatic rings. The van der Waals surface area contributed by atoms with E-state index in [1.807, 2.05) is 0 Å². The molecule has 1 atom stereocenters. The van der Waals surface area contributed by atoms with Crippen molar-refractivity contribution >= 4 is 17.9 Å². The molecule has 0 saturated heterocycles. The second-order valence-corrected chi connectivity index (χ2v) is 5.28. The van der Waals surface area contributed by atoms with Gasteiger partial charge in [0, 0.05) is 19.3 Å². The summed E-state index contributed by atoms with van der Waals surface area (Å²) in [5.41, 5.74) is 12.6. The monoisotopic (exact) mass is 349 g/mol. The lowest BCUT2D eigenvalue weighted by atomic mass is 10.3. The minimum Gasteiger partial charge on any atom is -0.462 e. The SMILES string of the molecule is NCCCC(=O)OCC(COC(=O)CCC[NH3+])OC(=O)CCC[NH3+]. The average molecular weight is 349 g/mol. The van der Waals surface area contributed by atoms with Gasteiger partial charge in [-0.15, -0.1) is 0 Å². The molecule has 140 valence electrons. The average Bonchev–Trinajstić information content (AvgIpc) is 2.58. The van der Waals surface area contributed by atoms with Crippen LogP contribution in [0.5, 0.6) is 0 Å². The Bertz CT molecular complexity index is 354. The van der Waals surface area contributed by atoms with E-state index in [1.165, 1.54) is 0 Å². The summed E-state index contributed by atoms with van der Waals surface area (Å²) in [6, 6.07) is 0. The first-order valence-corrected chi connectivity index (χ1v) is 8.32. The molecule has 0 aromatic heterocycles. The van der Waals surface area contributed by atoms with E-state index >= 15 is 0 Å². The first-order chi connectivity index (χ1) is 11.5. The van der Waals surface area contributed by atoms with Crippen LogP contribution in [0.2, 0.25) is 0 Å². The van der Waals surface area contributed by atoms with Crippen LogP contribution in [0.25, 0.3) is 0 Å². The van der Waals surface area contributed by atoms with Gasteiger partial charge in [0.15, 0.2) is 6.10 Å². The van der Waals surface area contributed by atoms with Crippen LogP contribution in [0.1, 0.15) is 38.5 Å². The largest absolute Gasteiger partial charge is 0.462 e. The number of hydrogen-bond donors (Lipinski definition) is 3. The molecule has 0 aromatic carbocycles. The Morgan fingerprint density at radius 1 is 0.792 bits per heavy atom. The minimum absolute atomic E-state index is 0.143. The molecule has 0 heterocycles. The highest BCUT2D eigenvalue weighted by Gasteiger charge is 2.19. The number of rotatable bonds is 14. The van der Waals surface area contributed by atoms with Crippen LogP contribution in [-0.2, 0) is 28.6 Å². The van der Waals surface area contributed by atoms with Gasteiger partial charge in [0.05, 0.1) is 25.9 Å². The summed E-state index contributed by atoms with van der Waals surface area (Å²) in [5.74, 6) is -1.26. The van der Waals surface area contributed by atoms with Gasteiger partial charge in [0.25, 0.3) is 0 Å². The second-order valence-electron chi connectivity index (χ2n) is 5.28. The summed E-state index contributed by atoms with van der Waals surface area (Å²) in [4.78, 5) is 34.7. The Balaban J connectivity index is 4.34. The molecular weight excluding hydrogens is 318 g/mol. The molecule has 24 heavy (non-hydrogen) atoms. The van der Waals surface area contributed by atoms with E-state index in [-0.39, 0.29) is 32.5 Å². The van der Waals surface area contributed by atoms with Gasteiger partial charge in [-0.05, 0) is 13.0 Å². The van der Waals surface area contributed by atoms with Crippen molar-refractivity contribution in [1.82, 2.24) is 0 Å². The summed E-state index contributed by atoms with van der Waals surface area (Å²) in [6.45, 7) is 1.35. The lowest BCUT2D eigenvalue weighted by Crippen LogP contribution is -2.50. The Kier molecular flexibility index (Phi) is 13.8. The molecule has 0 fully saturated rings. The van der Waals surface area contributed by atoms with E-state index in [1.54, 1.807) is 0 Å². The molecule has 0 radical (unpaired) electrons. The Labute approximate surface area is 142 Å². The van der Waals surface area contributed by atoms with E-state index < -0.39 is 24.0 Å². The molecular formula is C15H31N3O6+2. The van der Waals surface area contributed by atoms with Crippen LogP contribution in [0, 0.1) is 0 Å². The molecule has 0 aromatic rings. The predicted octanol–water partition coefficient (Wildman–Crippen LogP) is -2.23. The molecule has 0 spiro atoms. The van der Waals surface area contributed by atoms with Crippen molar-refractivity contribution in [3.05, 3.63) is 0 Å². The maximum Gasteiger partial charge on any atom is 0.306 e. The number of ether oxygens (including phenoxy) is 3. The molecule has 0 aliphatic carbocycles. The molecule has 0 rings (SSSR count). The first kappa shape index (κ1) is 22.3. The molecule has 8 N–H and O–H groups in total. The topological polar surface area (TPSA) is 160 Å². The molecule has 0 saturated carbocycles. The number of hydrogen-bond acceptors (Lipinski definition) is 7. The predicted molar refractivity (Wildman–Crippen MR) is 84.1 cm³/mol. The van der Waals surface area contributed by atoms with E-state index in [0.29, 0.717) is 38.9 Å². The van der Waals surface area contributed by atoms with Crippen LogP contribution in [0.4, 0.5) is 0 Å². The lowest BCUT2D eigenvalue weighted by molar-refractivity contribution is -0.368. The van der Waals surface area contributed by atoms with Crippen molar-refractivity contribution in [2.75, 3.05) is 32.8 Å². The van der Waals surface area contributed by atoms with Crippen LogP contribution in [0.3, 0.4) is 0 Å². The van der Waals surface area contributed by atoms with Crippen molar-refractivity contribution < 1.29 is 40.1 Å². The van der Waals surface area contributed by atoms with Crippen molar-refractivity contribution in [1.29, 1.82) is 0 Å². The first-order valence-electron chi connectivity index (χ1n) is 8.32. The Morgan fingerprint density at radius 2 is 1.25 bits per heavy atom. The fraction of sp³-hybridized carbons (Fsp3) is 0.800. The van der Waals surface area contributed by atoms with Crippen LogP contribution < -0.4 is 17.2 Å². The van der Waals surface area contributed by atoms with Gasteiger partial charge in [0.2, 0.25) is 0 Å². The fourth-order valence-electron chi connectivity index (χ4n) is 1.66. The van der Waals surface area contributed by atoms with Crippen molar-refractivity contribution in [3.63, 3.8) is 0 Å². The van der Waals surface area contributed by atoms with Gasteiger partial charge in [-0.2, -0.15) is 0 Å². The van der Waals surface area contributed by atoms with Gasteiger partial charge in [-0.3, -0.25) is 14.4 Å². The third-order valence-electron chi connectivity index (χ3n) is 3.01. The van der Waals surface area contributed by atoms with E-state index in [9.17, 15) is 14.4 Å². The van der Waals surface area contributed by atoms with Gasteiger partial charge >= 0.3 is 17.9 Å². The second kappa shape index (κ2) is 14.9. The maximum atomic E-state index is 11.7. The molecule has 0 bridgehead atoms. The zero-order valence-electron chi connectivity index (χ0n) is 14.3. The lowest BCUT2D eigenvalue weighted by Gasteiger charge is -2.18. The number of esters is 3. The zero-order valence-corrected chi connectivity index (χ0v) is 14.3. The molecule has 0 amide bonds. The van der Waals surface area contributed by atoms with E-state index in [0.717, 1.165) is 0 Å². The number of carbonyl (C=O) groups is 3. The van der Waals surface area contributed by atoms with E-state index in [2.05, 4.69) is 11.5 Å². The maximum absolute atomic E-state index is 11.7. The summed E-state index contributed by atoms with van der Waals surface area (Å²) < 4.78 is 15.3. The molecule has 1 unspecified atom stereocenters. The quantitative estimate of drug-likeness (QED) is 0.236. The number of quaternary nitrogens is 2. The summed E-state index contributed by atoms with van der Waals surface area (Å²) in [7, 11) is 0. The van der Waals surface area contributed by atoms with E-state index in [4.69, 9.17) is 19.9 Å². The third-order valence-corrected chi connectivity index (χ3v) is 3.01.